The smallest absolute Gasteiger partial charge is 0.233 e. The fraction of sp³-hybridized carbons (Fsp3) is 0.923. The van der Waals surface area contributed by atoms with E-state index in [1.807, 2.05) is 6.92 Å². The Morgan fingerprint density at radius 1 is 1.41 bits per heavy atom. The quantitative estimate of drug-likeness (QED) is 0.822. The van der Waals surface area contributed by atoms with Gasteiger partial charge in [-0.15, -0.1) is 0 Å². The molecular formula is C13H25NO2S. The van der Waals surface area contributed by atoms with Gasteiger partial charge in [0.25, 0.3) is 0 Å². The standard InChI is InChI=1S/C13H25NO2S/c1-10(7-15)8-17-9-13(16)14-11(2)5-4-6-12(14)3/h10-12,15H,4-9H2,1-3H3. The number of amides is 1. The van der Waals surface area contributed by atoms with Crippen LogP contribution in [0, 0.1) is 5.92 Å². The van der Waals surface area contributed by atoms with E-state index in [1.54, 1.807) is 11.8 Å². The molecule has 1 rings (SSSR count). The molecule has 1 heterocycles. The molecule has 0 bridgehead atoms. The van der Waals surface area contributed by atoms with E-state index in [0.717, 1.165) is 18.6 Å². The highest BCUT2D eigenvalue weighted by molar-refractivity contribution is 7.99. The van der Waals surface area contributed by atoms with Gasteiger partial charge in [0.05, 0.1) is 5.75 Å². The Hall–Kier alpha value is -0.220. The first-order chi connectivity index (χ1) is 8.06. The van der Waals surface area contributed by atoms with Crippen molar-refractivity contribution >= 4 is 17.7 Å². The minimum absolute atomic E-state index is 0.206. The van der Waals surface area contributed by atoms with Crippen LogP contribution in [0.4, 0.5) is 0 Å². The van der Waals surface area contributed by atoms with E-state index >= 15 is 0 Å². The first kappa shape index (κ1) is 14.8. The van der Waals surface area contributed by atoms with Gasteiger partial charge in [-0.1, -0.05) is 6.92 Å². The molecule has 0 aromatic rings. The summed E-state index contributed by atoms with van der Waals surface area (Å²) in [6.07, 6.45) is 3.50. The number of thioether (sulfide) groups is 1. The molecule has 0 saturated carbocycles. The molecule has 0 spiro atoms. The maximum Gasteiger partial charge on any atom is 0.233 e. The van der Waals surface area contributed by atoms with Gasteiger partial charge >= 0.3 is 0 Å². The second kappa shape index (κ2) is 7.27. The van der Waals surface area contributed by atoms with E-state index < -0.39 is 0 Å². The van der Waals surface area contributed by atoms with Gasteiger partial charge in [0.1, 0.15) is 0 Å². The Bertz CT molecular complexity index is 238. The van der Waals surface area contributed by atoms with Crippen LogP contribution in [0.3, 0.4) is 0 Å². The molecule has 1 aliphatic rings. The van der Waals surface area contributed by atoms with Crippen LogP contribution in [-0.2, 0) is 4.79 Å². The number of likely N-dealkylation sites (tertiary alicyclic amines) is 1. The molecule has 4 heteroatoms. The Balaban J connectivity index is 2.35. The molecule has 3 atom stereocenters. The number of aliphatic hydroxyl groups is 1. The van der Waals surface area contributed by atoms with Gasteiger partial charge in [0.2, 0.25) is 5.91 Å². The number of hydrogen-bond acceptors (Lipinski definition) is 3. The number of nitrogens with zero attached hydrogens (tertiary/aromatic N) is 1. The van der Waals surface area contributed by atoms with Gasteiger partial charge in [0.15, 0.2) is 0 Å². The molecule has 1 saturated heterocycles. The van der Waals surface area contributed by atoms with Crippen LogP contribution in [0.15, 0.2) is 0 Å². The van der Waals surface area contributed by atoms with Crippen molar-refractivity contribution in [1.82, 2.24) is 4.90 Å². The molecule has 100 valence electrons. The van der Waals surface area contributed by atoms with E-state index in [4.69, 9.17) is 5.11 Å². The summed E-state index contributed by atoms with van der Waals surface area (Å²) in [7, 11) is 0. The third-order valence-corrected chi connectivity index (χ3v) is 4.68. The molecule has 3 unspecified atom stereocenters. The van der Waals surface area contributed by atoms with Crippen molar-refractivity contribution in [3.8, 4) is 0 Å². The largest absolute Gasteiger partial charge is 0.396 e. The normalized spacial score (nSPS) is 26.9. The van der Waals surface area contributed by atoms with Crippen molar-refractivity contribution in [2.24, 2.45) is 5.92 Å². The van der Waals surface area contributed by atoms with Crippen LogP contribution < -0.4 is 0 Å². The third kappa shape index (κ3) is 4.51. The van der Waals surface area contributed by atoms with Crippen LogP contribution >= 0.6 is 11.8 Å². The van der Waals surface area contributed by atoms with Crippen molar-refractivity contribution < 1.29 is 9.90 Å². The predicted molar refractivity (Wildman–Crippen MR) is 73.2 cm³/mol. The van der Waals surface area contributed by atoms with E-state index in [9.17, 15) is 4.79 Å². The average molecular weight is 259 g/mol. The lowest BCUT2D eigenvalue weighted by Gasteiger charge is -2.39. The third-order valence-electron chi connectivity index (χ3n) is 3.42. The molecule has 17 heavy (non-hydrogen) atoms. The van der Waals surface area contributed by atoms with Crippen molar-refractivity contribution in [2.45, 2.75) is 52.1 Å². The maximum atomic E-state index is 12.1. The average Bonchev–Trinajstić information content (AvgIpc) is 2.28. The monoisotopic (exact) mass is 259 g/mol. The van der Waals surface area contributed by atoms with Crippen LogP contribution in [0.5, 0.6) is 0 Å². The summed E-state index contributed by atoms with van der Waals surface area (Å²) in [6.45, 7) is 6.50. The zero-order valence-electron chi connectivity index (χ0n) is 11.2. The number of rotatable bonds is 5. The summed E-state index contributed by atoms with van der Waals surface area (Å²) < 4.78 is 0. The summed E-state index contributed by atoms with van der Waals surface area (Å²) >= 11 is 1.64. The fourth-order valence-corrected chi connectivity index (χ4v) is 3.34. The number of hydrogen-bond donors (Lipinski definition) is 1. The van der Waals surface area contributed by atoms with Crippen molar-refractivity contribution in [3.05, 3.63) is 0 Å². The molecule has 0 aliphatic carbocycles. The summed E-state index contributed by atoms with van der Waals surface area (Å²) in [4.78, 5) is 14.2. The summed E-state index contributed by atoms with van der Waals surface area (Å²) in [5.74, 6) is 1.96. The Morgan fingerprint density at radius 3 is 2.53 bits per heavy atom. The number of piperidine rings is 1. The van der Waals surface area contributed by atoms with Crippen molar-refractivity contribution in [1.29, 1.82) is 0 Å². The summed E-state index contributed by atoms with van der Waals surface area (Å²) in [5, 5.41) is 8.92. The first-order valence-electron chi connectivity index (χ1n) is 6.56. The zero-order valence-corrected chi connectivity index (χ0v) is 12.0. The zero-order chi connectivity index (χ0) is 12.8. The van der Waals surface area contributed by atoms with Gasteiger partial charge in [0, 0.05) is 18.7 Å². The van der Waals surface area contributed by atoms with E-state index in [-0.39, 0.29) is 18.4 Å². The van der Waals surface area contributed by atoms with Crippen LogP contribution in [-0.4, -0.2) is 46.1 Å². The molecule has 1 N–H and O–H groups in total. The molecule has 0 radical (unpaired) electrons. The van der Waals surface area contributed by atoms with Crippen molar-refractivity contribution in [2.75, 3.05) is 18.1 Å². The van der Waals surface area contributed by atoms with Gasteiger partial charge in [-0.2, -0.15) is 11.8 Å². The number of carbonyl (C=O) groups is 1. The topological polar surface area (TPSA) is 40.5 Å². The summed E-state index contributed by atoms with van der Waals surface area (Å²) in [5.41, 5.74) is 0. The van der Waals surface area contributed by atoms with Gasteiger partial charge in [-0.25, -0.2) is 0 Å². The van der Waals surface area contributed by atoms with Crippen LogP contribution in [0.2, 0.25) is 0 Å². The lowest BCUT2D eigenvalue weighted by Crippen LogP contribution is -2.48. The lowest BCUT2D eigenvalue weighted by atomic mass is 9.98. The van der Waals surface area contributed by atoms with Gasteiger partial charge in [-0.05, 0) is 44.8 Å². The highest BCUT2D eigenvalue weighted by Crippen LogP contribution is 2.23. The molecule has 3 nitrogen and oxygen atoms in total. The SMILES string of the molecule is CC(CO)CSCC(=O)N1C(C)CCCC1C. The first-order valence-corrected chi connectivity index (χ1v) is 7.71. The van der Waals surface area contributed by atoms with Crippen LogP contribution in [0.25, 0.3) is 0 Å². The molecule has 1 amide bonds. The highest BCUT2D eigenvalue weighted by atomic mass is 32.2. The molecule has 0 aromatic heterocycles. The highest BCUT2D eigenvalue weighted by Gasteiger charge is 2.28. The van der Waals surface area contributed by atoms with Crippen molar-refractivity contribution in [3.63, 3.8) is 0 Å². The van der Waals surface area contributed by atoms with Gasteiger partial charge in [-0.3, -0.25) is 4.79 Å². The number of carbonyl (C=O) groups excluding carboxylic acids is 1. The Kier molecular flexibility index (Phi) is 6.34. The predicted octanol–water partition coefficient (Wildman–Crippen LogP) is 2.14. The van der Waals surface area contributed by atoms with E-state index in [2.05, 4.69) is 18.7 Å². The van der Waals surface area contributed by atoms with Gasteiger partial charge < -0.3 is 10.0 Å². The van der Waals surface area contributed by atoms with E-state index in [1.165, 1.54) is 6.42 Å². The Labute approximate surface area is 109 Å². The Morgan fingerprint density at radius 2 is 2.00 bits per heavy atom. The molecule has 0 aromatic carbocycles. The fourth-order valence-electron chi connectivity index (χ4n) is 2.39. The minimum atomic E-state index is 0.206. The molecular weight excluding hydrogens is 234 g/mol. The minimum Gasteiger partial charge on any atom is -0.396 e. The second-order valence-electron chi connectivity index (χ2n) is 5.23. The maximum absolute atomic E-state index is 12.1. The summed E-state index contributed by atoms with van der Waals surface area (Å²) in [6, 6.07) is 0.782. The van der Waals surface area contributed by atoms with E-state index in [0.29, 0.717) is 17.8 Å². The molecule has 1 aliphatic heterocycles. The van der Waals surface area contributed by atoms with Crippen LogP contribution in [0.1, 0.15) is 40.0 Å². The molecule has 1 fully saturated rings. The number of aliphatic hydroxyl groups excluding tert-OH is 1. The lowest BCUT2D eigenvalue weighted by molar-refractivity contribution is -0.134. The second-order valence-corrected chi connectivity index (χ2v) is 6.26.